The summed E-state index contributed by atoms with van der Waals surface area (Å²) in [5.41, 5.74) is -0.0408. The molecule has 0 bridgehead atoms. The van der Waals surface area contributed by atoms with Gasteiger partial charge in [0.2, 0.25) is 0 Å². The predicted molar refractivity (Wildman–Crippen MR) is 72.1 cm³/mol. The fourth-order valence-corrected chi connectivity index (χ4v) is 2.71. The number of methoxy groups -OCH3 is 3. The van der Waals surface area contributed by atoms with Crippen molar-refractivity contribution in [1.82, 2.24) is 0 Å². The molecule has 1 fully saturated rings. The zero-order chi connectivity index (χ0) is 13.9. The third-order valence-electron chi connectivity index (χ3n) is 3.86. The quantitative estimate of drug-likeness (QED) is 0.767. The largest absolute Gasteiger partial charge is 0.493 e. The smallest absolute Gasteiger partial charge is 0.194 e. The van der Waals surface area contributed by atoms with Gasteiger partial charge in [0.1, 0.15) is 5.60 Å². The fourth-order valence-electron chi connectivity index (χ4n) is 2.71. The van der Waals surface area contributed by atoms with Crippen LogP contribution in [0.1, 0.15) is 36.0 Å². The molecule has 1 aliphatic carbocycles. The van der Waals surface area contributed by atoms with Crippen LogP contribution in [-0.2, 0) is 4.74 Å². The van der Waals surface area contributed by atoms with Crippen LogP contribution in [0.25, 0.3) is 0 Å². The van der Waals surface area contributed by atoms with E-state index in [1.807, 2.05) is 0 Å². The Kier molecular flexibility index (Phi) is 4.10. The van der Waals surface area contributed by atoms with Crippen molar-refractivity contribution < 1.29 is 19.0 Å². The normalized spacial score (nSPS) is 17.2. The van der Waals surface area contributed by atoms with Crippen molar-refractivity contribution in [3.05, 3.63) is 23.8 Å². The minimum absolute atomic E-state index is 0.0356. The first-order chi connectivity index (χ1) is 9.16. The van der Waals surface area contributed by atoms with Crippen molar-refractivity contribution in [3.8, 4) is 11.5 Å². The molecule has 19 heavy (non-hydrogen) atoms. The van der Waals surface area contributed by atoms with E-state index in [0.29, 0.717) is 17.1 Å². The van der Waals surface area contributed by atoms with Crippen molar-refractivity contribution in [2.24, 2.45) is 0 Å². The number of hydrogen-bond acceptors (Lipinski definition) is 4. The second kappa shape index (κ2) is 5.61. The molecule has 2 rings (SSSR count). The van der Waals surface area contributed by atoms with Crippen LogP contribution in [0.5, 0.6) is 11.5 Å². The van der Waals surface area contributed by atoms with E-state index in [0.717, 1.165) is 25.7 Å². The summed E-state index contributed by atoms with van der Waals surface area (Å²) in [7, 11) is 4.75. The molecule has 1 saturated carbocycles. The molecule has 0 atom stereocenters. The molecule has 4 nitrogen and oxygen atoms in total. The Labute approximate surface area is 113 Å². The molecule has 1 aliphatic rings. The van der Waals surface area contributed by atoms with Crippen LogP contribution < -0.4 is 9.47 Å². The van der Waals surface area contributed by atoms with Crippen molar-refractivity contribution in [1.29, 1.82) is 0 Å². The number of rotatable bonds is 5. The highest BCUT2D eigenvalue weighted by Crippen LogP contribution is 2.37. The number of Topliss-reactive ketones (excluding diaryl/α,β-unsaturated/α-hetero) is 1. The number of carbonyl (C=O) groups excluding carboxylic acids is 1. The molecule has 0 amide bonds. The molecule has 104 valence electrons. The zero-order valence-corrected chi connectivity index (χ0v) is 11.7. The van der Waals surface area contributed by atoms with Crippen LogP contribution in [0.3, 0.4) is 0 Å². The summed E-state index contributed by atoms with van der Waals surface area (Å²) < 4.78 is 15.9. The van der Waals surface area contributed by atoms with Gasteiger partial charge in [0, 0.05) is 12.7 Å². The molecule has 0 saturated heterocycles. The highest BCUT2D eigenvalue weighted by molar-refractivity contribution is 6.03. The lowest BCUT2D eigenvalue weighted by Crippen LogP contribution is -2.37. The first-order valence-electron chi connectivity index (χ1n) is 6.49. The van der Waals surface area contributed by atoms with Crippen molar-refractivity contribution >= 4 is 5.78 Å². The average molecular weight is 264 g/mol. The number of carbonyl (C=O) groups is 1. The van der Waals surface area contributed by atoms with Gasteiger partial charge in [0.15, 0.2) is 17.3 Å². The van der Waals surface area contributed by atoms with Gasteiger partial charge in [-0.3, -0.25) is 4.79 Å². The van der Waals surface area contributed by atoms with Crippen molar-refractivity contribution in [3.63, 3.8) is 0 Å². The Morgan fingerprint density at radius 2 is 1.68 bits per heavy atom. The summed E-state index contributed by atoms with van der Waals surface area (Å²) in [6.45, 7) is 0. The van der Waals surface area contributed by atoms with Gasteiger partial charge in [0.25, 0.3) is 0 Å². The highest BCUT2D eigenvalue weighted by Gasteiger charge is 2.41. The third kappa shape index (κ3) is 2.45. The zero-order valence-electron chi connectivity index (χ0n) is 11.7. The van der Waals surface area contributed by atoms with Gasteiger partial charge in [-0.05, 0) is 43.9 Å². The lowest BCUT2D eigenvalue weighted by Gasteiger charge is -2.26. The van der Waals surface area contributed by atoms with E-state index in [9.17, 15) is 4.79 Å². The van der Waals surface area contributed by atoms with Gasteiger partial charge in [-0.2, -0.15) is 0 Å². The minimum Gasteiger partial charge on any atom is -0.493 e. The monoisotopic (exact) mass is 264 g/mol. The molecule has 1 aromatic rings. The summed E-state index contributed by atoms with van der Waals surface area (Å²) in [4.78, 5) is 12.6. The molecule has 0 heterocycles. The van der Waals surface area contributed by atoms with E-state index >= 15 is 0 Å². The van der Waals surface area contributed by atoms with E-state index in [4.69, 9.17) is 14.2 Å². The van der Waals surface area contributed by atoms with Crippen LogP contribution in [0.2, 0.25) is 0 Å². The first-order valence-corrected chi connectivity index (χ1v) is 6.49. The van der Waals surface area contributed by atoms with Gasteiger partial charge in [-0.1, -0.05) is 0 Å². The molecule has 4 heteroatoms. The average Bonchev–Trinajstić information content (AvgIpc) is 2.95. The number of benzene rings is 1. The first kappa shape index (κ1) is 13.9. The topological polar surface area (TPSA) is 44.8 Å². The van der Waals surface area contributed by atoms with Crippen LogP contribution in [-0.4, -0.2) is 32.7 Å². The fraction of sp³-hybridized carbons (Fsp3) is 0.533. The predicted octanol–water partition coefficient (Wildman–Crippen LogP) is 2.85. The Morgan fingerprint density at radius 3 is 2.21 bits per heavy atom. The van der Waals surface area contributed by atoms with E-state index in [1.165, 1.54) is 0 Å². The maximum Gasteiger partial charge on any atom is 0.194 e. The van der Waals surface area contributed by atoms with E-state index in [1.54, 1.807) is 39.5 Å². The SMILES string of the molecule is COc1ccc(C(=O)C2(OC)CCCC2)cc1OC. The van der Waals surface area contributed by atoms with Gasteiger partial charge >= 0.3 is 0 Å². The summed E-state index contributed by atoms with van der Waals surface area (Å²) in [6.07, 6.45) is 3.65. The van der Waals surface area contributed by atoms with E-state index < -0.39 is 5.60 Å². The van der Waals surface area contributed by atoms with Gasteiger partial charge in [0.05, 0.1) is 14.2 Å². The second-order valence-corrected chi connectivity index (χ2v) is 4.80. The molecular formula is C15H20O4. The number of hydrogen-bond donors (Lipinski definition) is 0. The Hall–Kier alpha value is -1.55. The van der Waals surface area contributed by atoms with Gasteiger partial charge in [-0.25, -0.2) is 0 Å². The molecular weight excluding hydrogens is 244 g/mol. The number of ketones is 1. The van der Waals surface area contributed by atoms with Crippen LogP contribution >= 0.6 is 0 Å². The van der Waals surface area contributed by atoms with E-state index in [-0.39, 0.29) is 5.78 Å². The molecule has 0 unspecified atom stereocenters. The summed E-state index contributed by atoms with van der Waals surface area (Å²) in [6, 6.07) is 5.24. The lowest BCUT2D eigenvalue weighted by molar-refractivity contribution is 0.00600. The van der Waals surface area contributed by atoms with Crippen LogP contribution in [0.15, 0.2) is 18.2 Å². The van der Waals surface area contributed by atoms with Crippen LogP contribution in [0, 0.1) is 0 Å². The Bertz CT molecular complexity index is 461. The molecule has 1 aromatic carbocycles. The van der Waals surface area contributed by atoms with Crippen LogP contribution in [0.4, 0.5) is 0 Å². The Morgan fingerprint density at radius 1 is 1.05 bits per heavy atom. The highest BCUT2D eigenvalue weighted by atomic mass is 16.5. The lowest BCUT2D eigenvalue weighted by atomic mass is 9.91. The molecule has 0 N–H and O–H groups in total. The minimum atomic E-state index is -0.653. The molecule has 0 aromatic heterocycles. The van der Waals surface area contributed by atoms with Crippen molar-refractivity contribution in [2.45, 2.75) is 31.3 Å². The summed E-state index contributed by atoms with van der Waals surface area (Å²) in [5.74, 6) is 1.22. The second-order valence-electron chi connectivity index (χ2n) is 4.80. The standard InChI is InChI=1S/C15H20O4/c1-17-12-7-6-11(10-13(12)18-2)14(16)15(19-3)8-4-5-9-15/h6-7,10H,4-5,8-9H2,1-3H3. The third-order valence-corrected chi connectivity index (χ3v) is 3.86. The molecule has 0 spiro atoms. The summed E-state index contributed by atoms with van der Waals surface area (Å²) in [5, 5.41) is 0. The Balaban J connectivity index is 2.33. The molecule has 0 radical (unpaired) electrons. The molecule has 0 aliphatic heterocycles. The number of ether oxygens (including phenoxy) is 3. The van der Waals surface area contributed by atoms with Crippen molar-refractivity contribution in [2.75, 3.05) is 21.3 Å². The van der Waals surface area contributed by atoms with E-state index in [2.05, 4.69) is 0 Å². The van der Waals surface area contributed by atoms with Gasteiger partial charge in [-0.15, -0.1) is 0 Å². The maximum absolute atomic E-state index is 12.6. The van der Waals surface area contributed by atoms with Gasteiger partial charge < -0.3 is 14.2 Å². The summed E-state index contributed by atoms with van der Waals surface area (Å²) >= 11 is 0. The maximum atomic E-state index is 12.6.